The molecule has 122 valence electrons. The minimum absolute atomic E-state index is 0.00543. The fourth-order valence-electron chi connectivity index (χ4n) is 1.93. The zero-order chi connectivity index (χ0) is 16.9. The van der Waals surface area contributed by atoms with Gasteiger partial charge in [-0.05, 0) is 30.0 Å². The molecule has 0 aliphatic rings. The second-order valence-electron chi connectivity index (χ2n) is 5.48. The number of nitrogens with one attached hydrogen (secondary N) is 1. The van der Waals surface area contributed by atoms with Crippen molar-refractivity contribution in [3.63, 3.8) is 0 Å². The van der Waals surface area contributed by atoms with Gasteiger partial charge in [0, 0.05) is 16.5 Å². The van der Waals surface area contributed by atoms with E-state index in [9.17, 15) is 19.8 Å². The molecule has 5 nitrogen and oxygen atoms in total. The largest absolute Gasteiger partial charge is 0.480 e. The van der Waals surface area contributed by atoms with Crippen LogP contribution in [0.5, 0.6) is 0 Å². The molecule has 1 aromatic carbocycles. The van der Waals surface area contributed by atoms with E-state index in [1.165, 1.54) is 6.07 Å². The molecule has 0 aromatic heterocycles. The molecule has 22 heavy (non-hydrogen) atoms. The fraction of sp³-hybridized carbons (Fsp3) is 0.467. The van der Waals surface area contributed by atoms with Gasteiger partial charge in [-0.15, -0.1) is 0 Å². The molecular weight excluding hydrogens is 329 g/mol. The average Bonchev–Trinajstić information content (AvgIpc) is 2.39. The Bertz CT molecular complexity index is 548. The molecular formula is C15H19Cl2NO4. The van der Waals surface area contributed by atoms with E-state index in [2.05, 4.69) is 5.32 Å². The number of aliphatic hydroxyl groups excluding tert-OH is 1. The van der Waals surface area contributed by atoms with Crippen molar-refractivity contribution in [1.82, 2.24) is 5.32 Å². The van der Waals surface area contributed by atoms with Crippen LogP contribution in [0.4, 0.5) is 0 Å². The molecule has 0 fully saturated rings. The number of halogens is 2. The van der Waals surface area contributed by atoms with E-state index in [0.29, 0.717) is 15.6 Å². The molecule has 1 aromatic rings. The van der Waals surface area contributed by atoms with E-state index in [-0.39, 0.29) is 18.8 Å². The first-order valence-electron chi connectivity index (χ1n) is 6.86. The Morgan fingerprint density at radius 3 is 2.41 bits per heavy atom. The minimum atomic E-state index is -1.23. The van der Waals surface area contributed by atoms with Gasteiger partial charge >= 0.3 is 5.97 Å². The van der Waals surface area contributed by atoms with Gasteiger partial charge in [0.05, 0.1) is 0 Å². The first-order chi connectivity index (χ1) is 10.2. The highest BCUT2D eigenvalue weighted by Gasteiger charge is 2.25. The Morgan fingerprint density at radius 1 is 1.27 bits per heavy atom. The Morgan fingerprint density at radius 2 is 1.91 bits per heavy atom. The Balaban J connectivity index is 2.78. The first-order valence-corrected chi connectivity index (χ1v) is 7.61. The molecule has 0 bridgehead atoms. The van der Waals surface area contributed by atoms with Gasteiger partial charge in [0.25, 0.3) is 0 Å². The van der Waals surface area contributed by atoms with Gasteiger partial charge in [0.15, 0.2) is 0 Å². The van der Waals surface area contributed by atoms with Gasteiger partial charge in [-0.25, -0.2) is 4.79 Å². The molecule has 0 heterocycles. The van der Waals surface area contributed by atoms with E-state index in [4.69, 9.17) is 23.2 Å². The zero-order valence-electron chi connectivity index (χ0n) is 12.3. The van der Waals surface area contributed by atoms with Crippen LogP contribution in [0.1, 0.15) is 25.8 Å². The number of rotatable bonds is 7. The normalized spacial score (nSPS) is 13.7. The summed E-state index contributed by atoms with van der Waals surface area (Å²) in [4.78, 5) is 23.1. The highest BCUT2D eigenvalue weighted by Crippen LogP contribution is 2.22. The molecule has 3 N–H and O–H groups in total. The smallest absolute Gasteiger partial charge is 0.326 e. The summed E-state index contributed by atoms with van der Waals surface area (Å²) < 4.78 is 0. The van der Waals surface area contributed by atoms with Crippen molar-refractivity contribution in [2.24, 2.45) is 5.92 Å². The van der Waals surface area contributed by atoms with Crippen molar-refractivity contribution in [2.75, 3.05) is 0 Å². The molecule has 0 saturated heterocycles. The minimum Gasteiger partial charge on any atom is -0.480 e. The lowest BCUT2D eigenvalue weighted by Crippen LogP contribution is -2.47. The number of benzene rings is 1. The van der Waals surface area contributed by atoms with Gasteiger partial charge in [0.1, 0.15) is 12.1 Å². The molecule has 1 rings (SSSR count). The van der Waals surface area contributed by atoms with Crippen molar-refractivity contribution in [2.45, 2.75) is 38.8 Å². The van der Waals surface area contributed by atoms with Crippen LogP contribution >= 0.6 is 23.2 Å². The summed E-state index contributed by atoms with van der Waals surface area (Å²) in [7, 11) is 0. The molecule has 1 amide bonds. The zero-order valence-corrected chi connectivity index (χ0v) is 13.9. The number of carboxylic acid groups (broad SMARTS) is 1. The molecule has 0 saturated carbocycles. The Labute approximate surface area is 139 Å². The van der Waals surface area contributed by atoms with Crippen molar-refractivity contribution in [3.05, 3.63) is 33.8 Å². The fourth-order valence-corrected chi connectivity index (χ4v) is 2.41. The summed E-state index contributed by atoms with van der Waals surface area (Å²) in [6, 6.07) is 3.54. The maximum Gasteiger partial charge on any atom is 0.326 e. The topological polar surface area (TPSA) is 86.6 Å². The van der Waals surface area contributed by atoms with Crippen LogP contribution in [0.2, 0.25) is 10.0 Å². The van der Waals surface area contributed by atoms with Crippen molar-refractivity contribution < 1.29 is 19.8 Å². The highest BCUT2D eigenvalue weighted by atomic mass is 35.5. The number of carboxylic acids is 1. The predicted molar refractivity (Wildman–Crippen MR) is 85.2 cm³/mol. The van der Waals surface area contributed by atoms with Crippen molar-refractivity contribution in [3.8, 4) is 0 Å². The summed E-state index contributed by atoms with van der Waals surface area (Å²) >= 11 is 11.8. The monoisotopic (exact) mass is 347 g/mol. The van der Waals surface area contributed by atoms with Gasteiger partial charge in [-0.2, -0.15) is 0 Å². The molecule has 2 atom stereocenters. The second-order valence-corrected chi connectivity index (χ2v) is 6.33. The number of aliphatic carboxylic acids is 1. The number of amides is 1. The third-order valence-electron chi connectivity index (χ3n) is 3.05. The molecule has 7 heteroatoms. The molecule has 0 aliphatic carbocycles. The molecule has 0 unspecified atom stereocenters. The van der Waals surface area contributed by atoms with Crippen LogP contribution in [-0.2, 0) is 16.0 Å². The van der Waals surface area contributed by atoms with Crippen molar-refractivity contribution in [1.29, 1.82) is 0 Å². The van der Waals surface area contributed by atoms with Crippen LogP contribution in [0.25, 0.3) is 0 Å². The van der Waals surface area contributed by atoms with E-state index in [1.54, 1.807) is 12.1 Å². The average molecular weight is 348 g/mol. The lowest BCUT2D eigenvalue weighted by atomic mass is 10.0. The van der Waals surface area contributed by atoms with Gasteiger partial charge in [0.2, 0.25) is 5.91 Å². The second kappa shape index (κ2) is 8.36. The van der Waals surface area contributed by atoms with E-state index in [1.807, 2.05) is 13.8 Å². The number of aliphatic hydroxyl groups is 1. The van der Waals surface area contributed by atoms with Crippen LogP contribution in [0, 0.1) is 5.92 Å². The number of carbonyl (C=O) groups is 2. The van der Waals surface area contributed by atoms with Crippen LogP contribution in [0.15, 0.2) is 18.2 Å². The number of hydrogen-bond acceptors (Lipinski definition) is 3. The summed E-state index contributed by atoms with van der Waals surface area (Å²) in [6.07, 6.45) is -0.965. The predicted octanol–water partition coefficient (Wildman–Crippen LogP) is 2.51. The summed E-state index contributed by atoms with van der Waals surface area (Å²) in [5.41, 5.74) is 0.553. The van der Waals surface area contributed by atoms with E-state index in [0.717, 1.165) is 0 Å². The molecule has 0 aliphatic heterocycles. The standard InChI is InChI=1S/C15H19Cl2NO4/c1-8(2)5-13(19)14(20)18-12(15(21)22)6-9-3-4-10(16)7-11(9)17/h3-4,7-8,12-13,19H,5-6H2,1-2H3,(H,18,20)(H,21,22)/t12-,13-/m1/s1. The van der Waals surface area contributed by atoms with Crippen LogP contribution in [-0.4, -0.2) is 34.2 Å². The SMILES string of the molecule is CC(C)C[C@@H](O)C(=O)N[C@H](Cc1ccc(Cl)cc1Cl)C(=O)O. The van der Waals surface area contributed by atoms with Gasteiger partial charge in [-0.1, -0.05) is 43.1 Å². The van der Waals surface area contributed by atoms with Crippen LogP contribution in [0.3, 0.4) is 0 Å². The van der Waals surface area contributed by atoms with Gasteiger partial charge in [-0.3, -0.25) is 4.79 Å². The van der Waals surface area contributed by atoms with Crippen molar-refractivity contribution >= 4 is 35.1 Å². The Hall–Kier alpha value is -1.30. The van der Waals surface area contributed by atoms with E-state index >= 15 is 0 Å². The lowest BCUT2D eigenvalue weighted by Gasteiger charge is -2.19. The molecule has 0 radical (unpaired) electrons. The molecule has 0 spiro atoms. The maximum atomic E-state index is 11.8. The summed E-state index contributed by atoms with van der Waals surface area (Å²) in [5.74, 6) is -1.78. The Kier molecular flexibility index (Phi) is 7.13. The third-order valence-corrected chi connectivity index (χ3v) is 3.64. The quantitative estimate of drug-likeness (QED) is 0.707. The number of carbonyl (C=O) groups excluding carboxylic acids is 1. The van der Waals surface area contributed by atoms with Crippen LogP contribution < -0.4 is 5.32 Å². The maximum absolute atomic E-state index is 11.8. The highest BCUT2D eigenvalue weighted by molar-refractivity contribution is 6.35. The van der Waals surface area contributed by atoms with Gasteiger partial charge < -0.3 is 15.5 Å². The third kappa shape index (κ3) is 5.83. The first kappa shape index (κ1) is 18.7. The van der Waals surface area contributed by atoms with E-state index < -0.39 is 24.0 Å². The lowest BCUT2D eigenvalue weighted by molar-refractivity contribution is -0.143. The summed E-state index contributed by atoms with van der Waals surface area (Å²) in [5, 5.41) is 22.1. The summed E-state index contributed by atoms with van der Waals surface area (Å²) in [6.45, 7) is 3.72. The number of hydrogen-bond donors (Lipinski definition) is 3.